The van der Waals surface area contributed by atoms with E-state index in [4.69, 9.17) is 5.73 Å². The molecule has 1 aliphatic rings. The van der Waals surface area contributed by atoms with E-state index in [1.165, 1.54) is 11.1 Å². The molecule has 0 aromatic heterocycles. The van der Waals surface area contributed by atoms with Crippen molar-refractivity contribution in [1.29, 1.82) is 0 Å². The van der Waals surface area contributed by atoms with Gasteiger partial charge < -0.3 is 11.1 Å². The Balaban J connectivity index is 2.20. The number of rotatable bonds is 2. The molecule has 1 aromatic rings. The monoisotopic (exact) mass is 232 g/mol. The van der Waals surface area contributed by atoms with Crippen LogP contribution in [0.3, 0.4) is 0 Å². The molecule has 1 unspecified atom stereocenters. The Kier molecular flexibility index (Phi) is 3.36. The fourth-order valence-electron chi connectivity index (χ4n) is 2.32. The lowest BCUT2D eigenvalue weighted by Gasteiger charge is -2.27. The predicted molar refractivity (Wildman–Crippen MR) is 69.5 cm³/mol. The van der Waals surface area contributed by atoms with Gasteiger partial charge >= 0.3 is 0 Å². The number of hydrogen-bond acceptors (Lipinski definition) is 2. The molecule has 3 N–H and O–H groups in total. The lowest BCUT2D eigenvalue weighted by Crippen LogP contribution is -2.33. The van der Waals surface area contributed by atoms with Gasteiger partial charge in [-0.25, -0.2) is 0 Å². The normalized spacial score (nSPS) is 18.9. The fraction of sp³-hybridized carbons (Fsp3) is 0.500. The van der Waals surface area contributed by atoms with Gasteiger partial charge in [-0.1, -0.05) is 19.9 Å². The van der Waals surface area contributed by atoms with E-state index in [0.29, 0.717) is 0 Å². The molecule has 1 aliphatic carbocycles. The van der Waals surface area contributed by atoms with Gasteiger partial charge in [-0.15, -0.1) is 0 Å². The lowest BCUT2D eigenvalue weighted by atomic mass is 9.87. The molecule has 0 spiro atoms. The average Bonchev–Trinajstić information content (AvgIpc) is 2.28. The molecular formula is C14H20N2O. The second-order valence-corrected chi connectivity index (χ2v) is 5.07. The van der Waals surface area contributed by atoms with Crippen LogP contribution in [0.2, 0.25) is 0 Å². The van der Waals surface area contributed by atoms with Crippen LogP contribution in [-0.4, -0.2) is 5.91 Å². The maximum atomic E-state index is 11.8. The van der Waals surface area contributed by atoms with Gasteiger partial charge in [-0.3, -0.25) is 4.79 Å². The zero-order chi connectivity index (χ0) is 12.4. The standard InChI is InChI=1S/C14H20N2O/c1-9(2)14(17)16-13-5-3-4-10-8-11(15)6-7-12(10)13/h6-9,13H,3-5,15H2,1-2H3,(H,16,17). The van der Waals surface area contributed by atoms with E-state index in [-0.39, 0.29) is 17.9 Å². The summed E-state index contributed by atoms with van der Waals surface area (Å²) in [6.07, 6.45) is 3.20. The van der Waals surface area contributed by atoms with Crippen molar-refractivity contribution in [3.63, 3.8) is 0 Å². The van der Waals surface area contributed by atoms with Crippen LogP contribution < -0.4 is 11.1 Å². The third-order valence-electron chi connectivity index (χ3n) is 3.32. The van der Waals surface area contributed by atoms with Crippen molar-refractivity contribution >= 4 is 11.6 Å². The van der Waals surface area contributed by atoms with Crippen LogP contribution in [0.4, 0.5) is 5.69 Å². The van der Waals surface area contributed by atoms with E-state index >= 15 is 0 Å². The molecule has 3 heteroatoms. The first-order valence-corrected chi connectivity index (χ1v) is 6.26. The zero-order valence-electron chi connectivity index (χ0n) is 10.5. The molecule has 0 aliphatic heterocycles. The minimum absolute atomic E-state index is 0.0363. The highest BCUT2D eigenvalue weighted by molar-refractivity contribution is 5.78. The highest BCUT2D eigenvalue weighted by Crippen LogP contribution is 2.31. The van der Waals surface area contributed by atoms with Gasteiger partial charge in [0.1, 0.15) is 0 Å². The van der Waals surface area contributed by atoms with Gasteiger partial charge in [0, 0.05) is 11.6 Å². The van der Waals surface area contributed by atoms with Crippen LogP contribution >= 0.6 is 0 Å². The molecule has 1 atom stereocenters. The number of nitrogens with one attached hydrogen (secondary N) is 1. The van der Waals surface area contributed by atoms with Crippen LogP contribution in [0.15, 0.2) is 18.2 Å². The van der Waals surface area contributed by atoms with E-state index in [0.717, 1.165) is 24.9 Å². The summed E-state index contributed by atoms with van der Waals surface area (Å²) in [5.74, 6) is 0.161. The molecule has 0 radical (unpaired) electrons. The highest BCUT2D eigenvalue weighted by atomic mass is 16.1. The van der Waals surface area contributed by atoms with Gasteiger partial charge in [0.2, 0.25) is 5.91 Å². The van der Waals surface area contributed by atoms with Crippen LogP contribution in [0, 0.1) is 5.92 Å². The summed E-state index contributed by atoms with van der Waals surface area (Å²) in [6, 6.07) is 6.16. The minimum Gasteiger partial charge on any atom is -0.399 e. The first-order chi connectivity index (χ1) is 8.08. The Morgan fingerprint density at radius 1 is 1.47 bits per heavy atom. The third-order valence-corrected chi connectivity index (χ3v) is 3.32. The summed E-state index contributed by atoms with van der Waals surface area (Å²) in [6.45, 7) is 3.84. The molecular weight excluding hydrogens is 212 g/mol. The summed E-state index contributed by atoms with van der Waals surface area (Å²) in [5.41, 5.74) is 9.11. The van der Waals surface area contributed by atoms with Crippen LogP contribution in [-0.2, 0) is 11.2 Å². The van der Waals surface area contributed by atoms with Crippen molar-refractivity contribution in [2.75, 3.05) is 5.73 Å². The Hall–Kier alpha value is -1.51. The summed E-state index contributed by atoms with van der Waals surface area (Å²) >= 11 is 0. The summed E-state index contributed by atoms with van der Waals surface area (Å²) in [4.78, 5) is 11.8. The Morgan fingerprint density at radius 2 is 2.24 bits per heavy atom. The van der Waals surface area contributed by atoms with Crippen LogP contribution in [0.5, 0.6) is 0 Å². The number of nitrogens with two attached hydrogens (primary N) is 1. The number of benzene rings is 1. The number of amides is 1. The Bertz CT molecular complexity index is 426. The molecule has 0 fully saturated rings. The van der Waals surface area contributed by atoms with Gasteiger partial charge in [-0.05, 0) is 42.5 Å². The highest BCUT2D eigenvalue weighted by Gasteiger charge is 2.22. The molecule has 3 nitrogen and oxygen atoms in total. The number of hydrogen-bond donors (Lipinski definition) is 2. The quantitative estimate of drug-likeness (QED) is 0.769. The molecule has 0 saturated carbocycles. The molecule has 17 heavy (non-hydrogen) atoms. The first kappa shape index (κ1) is 12.0. The van der Waals surface area contributed by atoms with Crippen molar-refractivity contribution in [1.82, 2.24) is 5.32 Å². The maximum Gasteiger partial charge on any atom is 0.223 e. The second kappa shape index (κ2) is 4.78. The van der Waals surface area contributed by atoms with E-state index in [1.54, 1.807) is 0 Å². The molecule has 1 amide bonds. The maximum absolute atomic E-state index is 11.8. The average molecular weight is 232 g/mol. The van der Waals surface area contributed by atoms with E-state index in [9.17, 15) is 4.79 Å². The summed E-state index contributed by atoms with van der Waals surface area (Å²) < 4.78 is 0. The van der Waals surface area contributed by atoms with Crippen LogP contribution in [0.1, 0.15) is 43.9 Å². The third kappa shape index (κ3) is 2.60. The Morgan fingerprint density at radius 3 is 2.94 bits per heavy atom. The zero-order valence-corrected chi connectivity index (χ0v) is 10.5. The predicted octanol–water partition coefficient (Wildman–Crippen LogP) is 2.42. The number of aryl methyl sites for hydroxylation is 1. The smallest absolute Gasteiger partial charge is 0.223 e. The van der Waals surface area contributed by atoms with Crippen molar-refractivity contribution in [2.24, 2.45) is 5.92 Å². The van der Waals surface area contributed by atoms with Gasteiger partial charge in [-0.2, -0.15) is 0 Å². The van der Waals surface area contributed by atoms with Gasteiger partial charge in [0.25, 0.3) is 0 Å². The van der Waals surface area contributed by atoms with E-state index in [2.05, 4.69) is 11.4 Å². The second-order valence-electron chi connectivity index (χ2n) is 5.07. The van der Waals surface area contributed by atoms with Gasteiger partial charge in [0.15, 0.2) is 0 Å². The van der Waals surface area contributed by atoms with Crippen molar-refractivity contribution in [3.05, 3.63) is 29.3 Å². The molecule has 0 bridgehead atoms. The van der Waals surface area contributed by atoms with E-state index < -0.39 is 0 Å². The number of anilines is 1. The van der Waals surface area contributed by atoms with Crippen molar-refractivity contribution in [3.8, 4) is 0 Å². The van der Waals surface area contributed by atoms with Crippen LogP contribution in [0.25, 0.3) is 0 Å². The molecule has 2 rings (SSSR count). The van der Waals surface area contributed by atoms with E-state index in [1.807, 2.05) is 26.0 Å². The fourth-order valence-corrected chi connectivity index (χ4v) is 2.32. The number of nitrogen functional groups attached to an aromatic ring is 1. The Labute approximate surface area is 102 Å². The SMILES string of the molecule is CC(C)C(=O)NC1CCCc2cc(N)ccc21. The summed E-state index contributed by atoms with van der Waals surface area (Å²) in [5, 5.41) is 3.11. The molecule has 0 saturated heterocycles. The molecule has 92 valence electrons. The minimum atomic E-state index is 0.0363. The lowest BCUT2D eigenvalue weighted by molar-refractivity contribution is -0.124. The molecule has 0 heterocycles. The topological polar surface area (TPSA) is 55.1 Å². The summed E-state index contributed by atoms with van der Waals surface area (Å²) in [7, 11) is 0. The molecule has 1 aromatic carbocycles. The van der Waals surface area contributed by atoms with Crippen molar-refractivity contribution in [2.45, 2.75) is 39.2 Å². The number of carbonyl (C=O) groups is 1. The first-order valence-electron chi connectivity index (χ1n) is 6.26. The number of carbonyl (C=O) groups excluding carboxylic acids is 1. The van der Waals surface area contributed by atoms with Crippen molar-refractivity contribution < 1.29 is 4.79 Å². The van der Waals surface area contributed by atoms with Gasteiger partial charge in [0.05, 0.1) is 6.04 Å². The number of fused-ring (bicyclic) bond motifs is 1. The largest absolute Gasteiger partial charge is 0.399 e.